The van der Waals surface area contributed by atoms with Gasteiger partial charge in [0.15, 0.2) is 12.2 Å². The third-order valence-electron chi connectivity index (χ3n) is 2.18. The highest BCUT2D eigenvalue weighted by atomic mass is 16.7. The van der Waals surface area contributed by atoms with E-state index in [0.717, 1.165) is 0 Å². The van der Waals surface area contributed by atoms with Gasteiger partial charge in [0.2, 0.25) is 5.96 Å². The summed E-state index contributed by atoms with van der Waals surface area (Å²) >= 11 is 0. The molecule has 0 aliphatic rings. The number of nitrogens with two attached hydrogens (primary N) is 3. The Morgan fingerprint density at radius 1 is 1.21 bits per heavy atom. The second-order valence-electron chi connectivity index (χ2n) is 3.55. The lowest BCUT2D eigenvalue weighted by Gasteiger charge is -2.15. The van der Waals surface area contributed by atoms with Crippen LogP contribution in [0.3, 0.4) is 0 Å². The zero-order chi connectivity index (χ0) is 14.4. The zero-order valence-corrected chi connectivity index (χ0v) is 10.7. The van der Waals surface area contributed by atoms with Gasteiger partial charge in [-0.2, -0.15) is 4.99 Å². The number of phenols is 1. The van der Waals surface area contributed by atoms with Crippen molar-refractivity contribution in [1.29, 1.82) is 0 Å². The Labute approximate surface area is 110 Å². The van der Waals surface area contributed by atoms with Gasteiger partial charge in [-0.1, -0.05) is 0 Å². The maximum Gasteiger partial charge on any atom is 0.223 e. The van der Waals surface area contributed by atoms with Crippen LogP contribution in [0, 0.1) is 0 Å². The number of rotatable bonds is 4. The van der Waals surface area contributed by atoms with Crippen molar-refractivity contribution in [2.24, 2.45) is 27.2 Å². The highest BCUT2D eigenvalue weighted by Crippen LogP contribution is 2.30. The predicted molar refractivity (Wildman–Crippen MR) is 72.0 cm³/mol. The van der Waals surface area contributed by atoms with E-state index < -0.39 is 6.29 Å². The maximum absolute atomic E-state index is 9.74. The first-order valence-corrected chi connectivity index (χ1v) is 5.30. The first-order chi connectivity index (χ1) is 8.97. The van der Waals surface area contributed by atoms with E-state index in [1.165, 1.54) is 20.3 Å². The number of aliphatic imine (C=N–C) groups is 2. The minimum Gasteiger partial charge on any atom is -0.507 e. The number of ether oxygens (including phenoxy) is 2. The van der Waals surface area contributed by atoms with Crippen molar-refractivity contribution in [2.45, 2.75) is 6.29 Å². The number of guanidine groups is 2. The number of benzene rings is 1. The van der Waals surface area contributed by atoms with Gasteiger partial charge < -0.3 is 31.8 Å². The molecular formula is C11H17N5O3. The summed E-state index contributed by atoms with van der Waals surface area (Å²) in [5.41, 5.74) is 16.7. The van der Waals surface area contributed by atoms with Gasteiger partial charge in [-0.3, -0.25) is 0 Å². The van der Waals surface area contributed by atoms with E-state index in [0.29, 0.717) is 11.3 Å². The highest BCUT2D eigenvalue weighted by molar-refractivity contribution is 5.93. The molecule has 0 aromatic heterocycles. The third-order valence-corrected chi connectivity index (χ3v) is 2.18. The Hall–Kier alpha value is -2.32. The average molecular weight is 267 g/mol. The topological polar surface area (TPSA) is 141 Å². The molecular weight excluding hydrogens is 250 g/mol. The zero-order valence-electron chi connectivity index (χ0n) is 10.7. The first-order valence-electron chi connectivity index (χ1n) is 5.30. The lowest BCUT2D eigenvalue weighted by atomic mass is 10.1. The van der Waals surface area contributed by atoms with E-state index in [9.17, 15) is 5.11 Å². The van der Waals surface area contributed by atoms with E-state index in [4.69, 9.17) is 26.7 Å². The summed E-state index contributed by atoms with van der Waals surface area (Å²) in [6.45, 7) is 0. The molecule has 7 N–H and O–H groups in total. The highest BCUT2D eigenvalue weighted by Gasteiger charge is 2.14. The van der Waals surface area contributed by atoms with Crippen LogP contribution >= 0.6 is 0 Å². The molecule has 0 radical (unpaired) electrons. The summed E-state index contributed by atoms with van der Waals surface area (Å²) in [5, 5.41) is 9.74. The third kappa shape index (κ3) is 4.12. The molecule has 0 heterocycles. The molecule has 0 aliphatic carbocycles. The van der Waals surface area contributed by atoms with Gasteiger partial charge >= 0.3 is 0 Å². The summed E-state index contributed by atoms with van der Waals surface area (Å²) in [4.78, 5) is 7.56. The molecule has 0 saturated carbocycles. The van der Waals surface area contributed by atoms with E-state index in [-0.39, 0.29) is 17.7 Å². The molecule has 8 nitrogen and oxygen atoms in total. The Morgan fingerprint density at radius 3 is 2.37 bits per heavy atom. The van der Waals surface area contributed by atoms with Crippen LogP contribution in [0.2, 0.25) is 0 Å². The van der Waals surface area contributed by atoms with Gasteiger partial charge in [-0.25, -0.2) is 4.99 Å². The number of nitrogens with zero attached hydrogens (tertiary/aromatic N) is 2. The Balaban J connectivity index is 3.12. The lowest BCUT2D eigenvalue weighted by Crippen LogP contribution is -2.26. The van der Waals surface area contributed by atoms with E-state index in [1.807, 2.05) is 0 Å². The van der Waals surface area contributed by atoms with Gasteiger partial charge in [0.05, 0.1) is 11.3 Å². The number of methoxy groups -OCH3 is 2. The smallest absolute Gasteiger partial charge is 0.223 e. The summed E-state index contributed by atoms with van der Waals surface area (Å²) in [5.74, 6) is -0.261. The van der Waals surface area contributed by atoms with Gasteiger partial charge in [0.1, 0.15) is 5.75 Å². The Bertz CT molecular complexity index is 493. The van der Waals surface area contributed by atoms with Gasteiger partial charge in [-0.05, 0) is 18.2 Å². The molecule has 1 aromatic rings. The maximum atomic E-state index is 9.74. The van der Waals surface area contributed by atoms with Gasteiger partial charge in [-0.15, -0.1) is 0 Å². The fourth-order valence-electron chi connectivity index (χ4n) is 1.44. The van der Waals surface area contributed by atoms with Crippen molar-refractivity contribution in [3.05, 3.63) is 23.8 Å². The second-order valence-corrected chi connectivity index (χ2v) is 3.55. The molecule has 1 aromatic carbocycles. The van der Waals surface area contributed by atoms with Crippen molar-refractivity contribution in [2.75, 3.05) is 14.2 Å². The fourth-order valence-corrected chi connectivity index (χ4v) is 1.44. The molecule has 8 heteroatoms. The molecule has 1 rings (SSSR count). The monoisotopic (exact) mass is 267 g/mol. The number of hydrogen-bond donors (Lipinski definition) is 4. The molecule has 19 heavy (non-hydrogen) atoms. The second kappa shape index (κ2) is 6.57. The van der Waals surface area contributed by atoms with Crippen LogP contribution in [0.15, 0.2) is 28.2 Å². The molecule has 0 fully saturated rings. The minimum atomic E-state index is -0.709. The molecule has 0 unspecified atom stereocenters. The van der Waals surface area contributed by atoms with Crippen LogP contribution in [0.1, 0.15) is 11.9 Å². The van der Waals surface area contributed by atoms with E-state index in [1.54, 1.807) is 12.1 Å². The molecule has 0 amide bonds. The normalized spacial score (nSPS) is 11.6. The number of aromatic hydroxyl groups is 1. The van der Waals surface area contributed by atoms with Crippen LogP contribution in [0.5, 0.6) is 5.75 Å². The van der Waals surface area contributed by atoms with Crippen molar-refractivity contribution in [1.82, 2.24) is 0 Å². The molecule has 0 saturated heterocycles. The van der Waals surface area contributed by atoms with E-state index in [2.05, 4.69) is 9.98 Å². The van der Waals surface area contributed by atoms with Crippen molar-refractivity contribution in [3.63, 3.8) is 0 Å². The molecule has 0 atom stereocenters. The molecule has 0 bridgehead atoms. The van der Waals surface area contributed by atoms with Gasteiger partial charge in [0.25, 0.3) is 0 Å². The van der Waals surface area contributed by atoms with Crippen LogP contribution in [0.25, 0.3) is 0 Å². The molecule has 104 valence electrons. The average Bonchev–Trinajstić information content (AvgIpc) is 2.33. The van der Waals surface area contributed by atoms with Crippen molar-refractivity contribution >= 4 is 17.6 Å². The summed E-state index contributed by atoms with van der Waals surface area (Å²) in [7, 11) is 2.91. The number of phenolic OH excluding ortho intramolecular Hbond substituents is 1. The Kier molecular flexibility index (Phi) is 5.10. The fraction of sp³-hybridized carbons (Fsp3) is 0.273. The number of hydrogen-bond acceptors (Lipinski definition) is 4. The van der Waals surface area contributed by atoms with Crippen LogP contribution in [0.4, 0.5) is 5.69 Å². The molecule has 0 aliphatic heterocycles. The molecule has 0 spiro atoms. The summed E-state index contributed by atoms with van der Waals surface area (Å²) in [6, 6.07) is 4.56. The van der Waals surface area contributed by atoms with Gasteiger partial charge in [0, 0.05) is 14.2 Å². The lowest BCUT2D eigenvalue weighted by molar-refractivity contribution is -0.106. The van der Waals surface area contributed by atoms with Crippen molar-refractivity contribution in [3.8, 4) is 5.75 Å². The first kappa shape index (κ1) is 14.7. The largest absolute Gasteiger partial charge is 0.507 e. The Morgan fingerprint density at radius 2 is 1.84 bits per heavy atom. The predicted octanol–water partition coefficient (Wildman–Crippen LogP) is -0.0968. The SMILES string of the molecule is COC(OC)c1cc(N=C(N)N=C(N)N)ccc1O. The van der Waals surface area contributed by atoms with Crippen LogP contribution in [-0.2, 0) is 9.47 Å². The van der Waals surface area contributed by atoms with Crippen LogP contribution < -0.4 is 17.2 Å². The van der Waals surface area contributed by atoms with Crippen molar-refractivity contribution < 1.29 is 14.6 Å². The quantitative estimate of drug-likeness (QED) is 0.341. The van der Waals surface area contributed by atoms with Crippen LogP contribution in [-0.4, -0.2) is 31.2 Å². The standard InChI is InChI=1S/C11H17N5O3/c1-18-9(19-2)7-5-6(3-4-8(7)17)15-11(14)16-10(12)13/h3-5,9,17H,1-2H3,(H6,12,13,14,15,16). The van der Waals surface area contributed by atoms with E-state index >= 15 is 0 Å². The summed E-state index contributed by atoms with van der Waals surface area (Å²) < 4.78 is 10.1. The minimum absolute atomic E-state index is 0.0214. The summed E-state index contributed by atoms with van der Waals surface area (Å²) in [6.07, 6.45) is -0.709.